The Morgan fingerprint density at radius 3 is 2.00 bits per heavy atom. The highest BCUT2D eigenvalue weighted by Gasteiger charge is 2.37. The second-order valence-corrected chi connectivity index (χ2v) is 10.4. The first-order valence-corrected chi connectivity index (χ1v) is 12.0. The summed E-state index contributed by atoms with van der Waals surface area (Å²) in [4.78, 5) is 27.3. The Morgan fingerprint density at radius 2 is 1.55 bits per heavy atom. The molecule has 1 aromatic rings. The van der Waals surface area contributed by atoms with E-state index in [0.717, 1.165) is 27.8 Å². The molecule has 1 heterocycles. The van der Waals surface area contributed by atoms with E-state index in [-0.39, 0.29) is 36.1 Å². The van der Waals surface area contributed by atoms with Crippen molar-refractivity contribution in [3.63, 3.8) is 0 Å². The van der Waals surface area contributed by atoms with Crippen molar-refractivity contribution in [2.45, 2.75) is 73.4 Å². The van der Waals surface area contributed by atoms with Gasteiger partial charge in [-0.1, -0.05) is 6.92 Å². The van der Waals surface area contributed by atoms with Gasteiger partial charge in [-0.15, -0.1) is 0 Å². The molecular formula is C22H33NO5S. The first-order valence-electron chi connectivity index (χ1n) is 10.2. The molecule has 0 saturated carbocycles. The molecule has 162 valence electrons. The smallest absolute Gasteiger partial charge is 0.339 e. The maximum Gasteiger partial charge on any atom is 0.339 e. The van der Waals surface area contributed by atoms with Crippen molar-refractivity contribution >= 4 is 21.7 Å². The first kappa shape index (κ1) is 23.4. The van der Waals surface area contributed by atoms with Gasteiger partial charge in [-0.05, 0) is 82.2 Å². The van der Waals surface area contributed by atoms with Gasteiger partial charge in [-0.25, -0.2) is 13.2 Å². The summed E-state index contributed by atoms with van der Waals surface area (Å²) >= 11 is 0. The number of esters is 1. The monoisotopic (exact) mass is 423 g/mol. The van der Waals surface area contributed by atoms with Crippen LogP contribution < -0.4 is 0 Å². The van der Waals surface area contributed by atoms with E-state index < -0.39 is 15.8 Å². The quantitative estimate of drug-likeness (QED) is 0.657. The summed E-state index contributed by atoms with van der Waals surface area (Å²) in [6.45, 7) is 13.2. The lowest BCUT2D eigenvalue weighted by molar-refractivity contribution is -0.138. The van der Waals surface area contributed by atoms with E-state index in [1.54, 1.807) is 4.90 Å². The minimum absolute atomic E-state index is 0.0222. The highest BCUT2D eigenvalue weighted by atomic mass is 32.2. The third-order valence-corrected chi connectivity index (χ3v) is 8.24. The SMILES string of the molecule is CC[C@H](C)N(C(=O)COC(=O)c1c(C)c(C)c(C)c(C)c1C)[C@@H]1CCS(=O)(=O)C1. The van der Waals surface area contributed by atoms with Gasteiger partial charge in [0.05, 0.1) is 17.1 Å². The van der Waals surface area contributed by atoms with Crippen LogP contribution in [0.5, 0.6) is 0 Å². The molecule has 0 bridgehead atoms. The lowest BCUT2D eigenvalue weighted by Crippen LogP contribution is -2.48. The number of amides is 1. The summed E-state index contributed by atoms with van der Waals surface area (Å²) in [6.07, 6.45) is 1.13. The van der Waals surface area contributed by atoms with Crippen LogP contribution in [0.15, 0.2) is 0 Å². The largest absolute Gasteiger partial charge is 0.452 e. The number of rotatable bonds is 6. The van der Waals surface area contributed by atoms with E-state index in [0.29, 0.717) is 18.4 Å². The number of carbonyl (C=O) groups excluding carboxylic acids is 2. The van der Waals surface area contributed by atoms with Crippen molar-refractivity contribution < 1.29 is 22.7 Å². The third kappa shape index (κ3) is 4.82. The predicted octanol–water partition coefficient (Wildman–Crippen LogP) is 3.20. The normalized spacial score (nSPS) is 19.1. The van der Waals surface area contributed by atoms with Crippen LogP contribution in [-0.2, 0) is 19.4 Å². The molecule has 0 spiro atoms. The predicted molar refractivity (Wildman–Crippen MR) is 114 cm³/mol. The number of carbonyl (C=O) groups is 2. The topological polar surface area (TPSA) is 80.8 Å². The van der Waals surface area contributed by atoms with E-state index in [1.165, 1.54) is 0 Å². The van der Waals surface area contributed by atoms with Gasteiger partial charge in [-0.3, -0.25) is 4.79 Å². The first-order chi connectivity index (χ1) is 13.4. The Labute approximate surface area is 174 Å². The van der Waals surface area contributed by atoms with Gasteiger partial charge in [0.2, 0.25) is 0 Å². The van der Waals surface area contributed by atoms with E-state index in [2.05, 4.69) is 0 Å². The molecule has 0 radical (unpaired) electrons. The van der Waals surface area contributed by atoms with Gasteiger partial charge in [-0.2, -0.15) is 0 Å². The molecule has 0 unspecified atom stereocenters. The van der Waals surface area contributed by atoms with Crippen molar-refractivity contribution in [3.05, 3.63) is 33.4 Å². The van der Waals surface area contributed by atoms with Crippen LogP contribution in [0.3, 0.4) is 0 Å². The Morgan fingerprint density at radius 1 is 1.03 bits per heavy atom. The molecule has 1 saturated heterocycles. The number of benzene rings is 1. The molecule has 7 heteroatoms. The van der Waals surface area contributed by atoms with Crippen LogP contribution in [0.25, 0.3) is 0 Å². The van der Waals surface area contributed by atoms with E-state index in [4.69, 9.17) is 4.74 Å². The average Bonchev–Trinajstić information content (AvgIpc) is 3.02. The standard InChI is InChI=1S/C22H33NO5S/c1-8-13(2)23(19-9-10-29(26,27)12-19)20(24)11-28-22(25)21-17(6)15(4)14(3)16(5)18(21)7/h13,19H,8-12H2,1-7H3/t13-,19+/m0/s1. The van der Waals surface area contributed by atoms with Crippen LogP contribution in [0.1, 0.15) is 64.9 Å². The van der Waals surface area contributed by atoms with Gasteiger partial charge >= 0.3 is 5.97 Å². The van der Waals surface area contributed by atoms with Crippen LogP contribution in [0, 0.1) is 34.6 Å². The zero-order valence-electron chi connectivity index (χ0n) is 18.6. The van der Waals surface area contributed by atoms with Crippen molar-refractivity contribution in [1.82, 2.24) is 4.90 Å². The van der Waals surface area contributed by atoms with Gasteiger partial charge < -0.3 is 9.64 Å². The molecule has 2 atom stereocenters. The maximum atomic E-state index is 12.9. The maximum absolute atomic E-state index is 12.9. The van der Waals surface area contributed by atoms with Crippen molar-refractivity contribution in [2.24, 2.45) is 0 Å². The van der Waals surface area contributed by atoms with Gasteiger partial charge in [0, 0.05) is 12.1 Å². The molecule has 6 nitrogen and oxygen atoms in total. The zero-order chi connectivity index (χ0) is 22.1. The number of ether oxygens (including phenoxy) is 1. The molecule has 0 aliphatic carbocycles. The average molecular weight is 424 g/mol. The molecule has 1 fully saturated rings. The highest BCUT2D eigenvalue weighted by molar-refractivity contribution is 7.91. The fraction of sp³-hybridized carbons (Fsp3) is 0.636. The van der Waals surface area contributed by atoms with Crippen LogP contribution in [0.2, 0.25) is 0 Å². The Bertz CT molecular complexity index is 891. The Kier molecular flexibility index (Phi) is 7.14. The van der Waals surface area contributed by atoms with Crippen LogP contribution >= 0.6 is 0 Å². The number of sulfone groups is 1. The lowest BCUT2D eigenvalue weighted by Gasteiger charge is -2.33. The fourth-order valence-electron chi connectivity index (χ4n) is 4.08. The minimum Gasteiger partial charge on any atom is -0.452 e. The molecule has 2 rings (SSSR count). The third-order valence-electron chi connectivity index (χ3n) is 6.49. The van der Waals surface area contributed by atoms with E-state index in [9.17, 15) is 18.0 Å². The molecular weight excluding hydrogens is 390 g/mol. The lowest BCUT2D eigenvalue weighted by atomic mass is 9.90. The molecule has 0 aromatic heterocycles. The Balaban J connectivity index is 2.19. The molecule has 1 aromatic carbocycles. The highest BCUT2D eigenvalue weighted by Crippen LogP contribution is 2.27. The second-order valence-electron chi connectivity index (χ2n) is 8.19. The summed E-state index contributed by atoms with van der Waals surface area (Å²) < 4.78 is 29.2. The van der Waals surface area contributed by atoms with E-state index in [1.807, 2.05) is 48.5 Å². The van der Waals surface area contributed by atoms with Gasteiger partial charge in [0.15, 0.2) is 16.4 Å². The molecule has 1 amide bonds. The summed E-state index contributed by atoms with van der Waals surface area (Å²) in [5.74, 6) is -0.780. The molecule has 1 aliphatic heterocycles. The van der Waals surface area contributed by atoms with Crippen LogP contribution in [-0.4, -0.2) is 55.4 Å². The van der Waals surface area contributed by atoms with Crippen molar-refractivity contribution in [1.29, 1.82) is 0 Å². The number of nitrogens with zero attached hydrogens (tertiary/aromatic N) is 1. The van der Waals surface area contributed by atoms with Crippen LogP contribution in [0.4, 0.5) is 0 Å². The second kappa shape index (κ2) is 8.86. The Hall–Kier alpha value is -1.89. The molecule has 1 aliphatic rings. The zero-order valence-corrected chi connectivity index (χ0v) is 19.4. The van der Waals surface area contributed by atoms with Gasteiger partial charge in [0.25, 0.3) is 5.91 Å². The summed E-state index contributed by atoms with van der Waals surface area (Å²) in [5.41, 5.74) is 5.48. The van der Waals surface area contributed by atoms with E-state index >= 15 is 0 Å². The fourth-order valence-corrected chi connectivity index (χ4v) is 5.79. The number of hydrogen-bond acceptors (Lipinski definition) is 5. The van der Waals surface area contributed by atoms with Crippen molar-refractivity contribution in [3.8, 4) is 0 Å². The molecule has 29 heavy (non-hydrogen) atoms. The van der Waals surface area contributed by atoms with Gasteiger partial charge in [0.1, 0.15) is 0 Å². The minimum atomic E-state index is -3.12. The summed E-state index contributed by atoms with van der Waals surface area (Å²) in [7, 11) is -3.12. The van der Waals surface area contributed by atoms with Crippen molar-refractivity contribution in [2.75, 3.05) is 18.1 Å². The number of hydrogen-bond donors (Lipinski definition) is 0. The summed E-state index contributed by atoms with van der Waals surface area (Å²) in [6, 6.07) is -0.472. The summed E-state index contributed by atoms with van der Waals surface area (Å²) in [5, 5.41) is 0. The molecule has 0 N–H and O–H groups in total.